The van der Waals surface area contributed by atoms with Crippen LogP contribution in [0.15, 0.2) is 23.3 Å². The minimum atomic E-state index is -0.702. The van der Waals surface area contributed by atoms with Gasteiger partial charge in [-0.25, -0.2) is 0 Å². The minimum Gasteiger partial charge on any atom is -0.469 e. The molecule has 0 aromatic carbocycles. The lowest BCUT2D eigenvalue weighted by Crippen LogP contribution is -2.58. The van der Waals surface area contributed by atoms with Crippen molar-refractivity contribution in [3.63, 3.8) is 0 Å². The highest BCUT2D eigenvalue weighted by atomic mass is 16.5. The van der Waals surface area contributed by atoms with E-state index in [9.17, 15) is 19.2 Å². The number of carbonyl (C=O) groups excluding carboxylic acids is 4. The van der Waals surface area contributed by atoms with Gasteiger partial charge in [0.15, 0.2) is 11.6 Å². The van der Waals surface area contributed by atoms with Crippen molar-refractivity contribution in [3.05, 3.63) is 23.3 Å². The van der Waals surface area contributed by atoms with Gasteiger partial charge < -0.3 is 10.5 Å². The van der Waals surface area contributed by atoms with E-state index in [0.29, 0.717) is 0 Å². The van der Waals surface area contributed by atoms with Gasteiger partial charge in [0, 0.05) is 11.3 Å². The Morgan fingerprint density at radius 2 is 1.63 bits per heavy atom. The lowest BCUT2D eigenvalue weighted by molar-refractivity contribution is -0.173. The van der Waals surface area contributed by atoms with Crippen molar-refractivity contribution in [2.75, 3.05) is 7.11 Å². The summed E-state index contributed by atoms with van der Waals surface area (Å²) in [7, 11) is 1.51. The summed E-state index contributed by atoms with van der Waals surface area (Å²) in [5.41, 5.74) is 5.29. The predicted octanol–water partition coefficient (Wildman–Crippen LogP) is 5.73. The molecule has 38 heavy (non-hydrogen) atoms. The first kappa shape index (κ1) is 28.8. The van der Waals surface area contributed by atoms with E-state index < -0.39 is 16.7 Å². The zero-order chi connectivity index (χ0) is 28.5. The summed E-state index contributed by atoms with van der Waals surface area (Å²) in [6.45, 7) is 14.8. The molecule has 2 N–H and O–H groups in total. The molecule has 0 spiro atoms. The second-order valence-corrected chi connectivity index (χ2v) is 14.5. The van der Waals surface area contributed by atoms with Crippen molar-refractivity contribution in [2.24, 2.45) is 50.6 Å². The molecule has 6 heteroatoms. The fourth-order valence-electron chi connectivity index (χ4n) is 9.31. The fourth-order valence-corrected chi connectivity index (χ4v) is 9.31. The van der Waals surface area contributed by atoms with Crippen LogP contribution in [-0.4, -0.2) is 30.6 Å². The van der Waals surface area contributed by atoms with Gasteiger partial charge in [-0.15, -0.1) is 0 Å². The molecule has 0 aliphatic heterocycles. The summed E-state index contributed by atoms with van der Waals surface area (Å²) in [4.78, 5) is 51.4. The SMILES string of the molecule is COC(=O)[C@]12CCC(C)(C)CC1C[C@](C)([C@]1(C)CC[C@H]3[C@H](C)C(=O)C(C(N)=O)=C[C@]3(C)/C1=C/C(C)=O)CC2. The first-order valence-corrected chi connectivity index (χ1v) is 14.3. The molecule has 0 bridgehead atoms. The van der Waals surface area contributed by atoms with Crippen molar-refractivity contribution in [3.8, 4) is 0 Å². The van der Waals surface area contributed by atoms with Crippen LogP contribution in [-0.2, 0) is 23.9 Å². The van der Waals surface area contributed by atoms with Gasteiger partial charge in [0.05, 0.1) is 18.1 Å². The Kier molecular flexibility index (Phi) is 6.93. The Balaban J connectivity index is 1.84. The number of Topliss-reactive ketones (excluding diaryl/α,β-unsaturated/α-hetero) is 1. The van der Waals surface area contributed by atoms with Crippen LogP contribution >= 0.6 is 0 Å². The minimum absolute atomic E-state index is 0.00765. The van der Waals surface area contributed by atoms with E-state index in [1.165, 1.54) is 7.11 Å². The normalized spacial score (nSPS) is 43.5. The van der Waals surface area contributed by atoms with Crippen LogP contribution in [0, 0.1) is 44.8 Å². The number of amides is 1. The van der Waals surface area contributed by atoms with Crippen molar-refractivity contribution < 1.29 is 23.9 Å². The van der Waals surface area contributed by atoms with E-state index in [4.69, 9.17) is 10.5 Å². The number of primary amides is 1. The number of esters is 1. The van der Waals surface area contributed by atoms with Gasteiger partial charge in [-0.2, -0.15) is 0 Å². The molecule has 0 aromatic rings. The summed E-state index contributed by atoms with van der Waals surface area (Å²) < 4.78 is 5.39. The molecule has 1 unspecified atom stereocenters. The van der Waals surface area contributed by atoms with Gasteiger partial charge in [-0.05, 0) is 92.4 Å². The predicted molar refractivity (Wildman–Crippen MR) is 147 cm³/mol. The van der Waals surface area contributed by atoms with Crippen LogP contribution in [0.2, 0.25) is 0 Å². The van der Waals surface area contributed by atoms with Crippen LogP contribution in [0.25, 0.3) is 0 Å². The Bertz CT molecular complexity index is 1130. The van der Waals surface area contributed by atoms with E-state index in [2.05, 4.69) is 34.6 Å². The summed E-state index contributed by atoms with van der Waals surface area (Å²) in [5, 5.41) is 0. The Morgan fingerprint density at radius 1 is 1.00 bits per heavy atom. The standard InChI is InChI=1S/C32H47NO5/c1-19(34)15-24-30(6)18-22(26(33)36)25(35)20(2)23(30)9-10-31(24,7)29(5)12-14-32(27(37)38-8)13-11-28(3,4)16-21(32)17-29/h15,18,20-21,23H,9-14,16-17H2,1-8H3,(H2,33,36)/b24-15-/t20-,21?,23-,29+,30-,31+,32-/m0/s1. The molecule has 3 saturated carbocycles. The molecule has 4 aliphatic rings. The highest BCUT2D eigenvalue weighted by Gasteiger charge is 2.64. The third-order valence-corrected chi connectivity index (χ3v) is 11.8. The zero-order valence-corrected chi connectivity index (χ0v) is 24.7. The Labute approximate surface area is 228 Å². The van der Waals surface area contributed by atoms with E-state index in [0.717, 1.165) is 56.9 Å². The number of ether oxygens (including phenoxy) is 1. The number of fused-ring (bicyclic) bond motifs is 2. The van der Waals surface area contributed by atoms with Gasteiger partial charge in [0.2, 0.25) is 0 Å². The maximum absolute atomic E-state index is 13.3. The highest BCUT2D eigenvalue weighted by Crippen LogP contribution is 2.70. The Hall–Kier alpha value is -2.24. The lowest BCUT2D eigenvalue weighted by Gasteiger charge is -2.64. The van der Waals surface area contributed by atoms with Crippen LogP contribution in [0.3, 0.4) is 0 Å². The second kappa shape index (κ2) is 9.16. The third-order valence-electron chi connectivity index (χ3n) is 11.8. The maximum Gasteiger partial charge on any atom is 0.312 e. The van der Waals surface area contributed by atoms with Crippen molar-refractivity contribution in [1.29, 1.82) is 0 Å². The molecule has 0 heterocycles. The molecule has 4 aliphatic carbocycles. The van der Waals surface area contributed by atoms with E-state index in [-0.39, 0.29) is 57.1 Å². The molecule has 1 amide bonds. The fraction of sp³-hybridized carbons (Fsp3) is 0.750. The number of rotatable bonds is 4. The van der Waals surface area contributed by atoms with Crippen molar-refractivity contribution >= 4 is 23.4 Å². The summed E-state index contributed by atoms with van der Waals surface area (Å²) in [6, 6.07) is 0. The van der Waals surface area contributed by atoms with E-state index >= 15 is 0 Å². The van der Waals surface area contributed by atoms with Gasteiger partial charge in [0.25, 0.3) is 5.91 Å². The van der Waals surface area contributed by atoms with Crippen LogP contribution in [0.4, 0.5) is 0 Å². The number of methoxy groups -OCH3 is 1. The van der Waals surface area contributed by atoms with E-state index in [1.54, 1.807) is 19.1 Å². The van der Waals surface area contributed by atoms with Gasteiger partial charge >= 0.3 is 5.97 Å². The van der Waals surface area contributed by atoms with E-state index in [1.807, 2.05) is 6.92 Å². The molecular weight excluding hydrogens is 478 g/mol. The highest BCUT2D eigenvalue weighted by molar-refractivity contribution is 6.20. The lowest BCUT2D eigenvalue weighted by atomic mass is 9.40. The van der Waals surface area contributed by atoms with Gasteiger partial charge in [-0.3, -0.25) is 19.2 Å². The first-order valence-electron chi connectivity index (χ1n) is 14.3. The van der Waals surface area contributed by atoms with Gasteiger partial charge in [0.1, 0.15) is 0 Å². The van der Waals surface area contributed by atoms with Crippen LogP contribution < -0.4 is 5.73 Å². The quantitative estimate of drug-likeness (QED) is 0.287. The Morgan fingerprint density at radius 3 is 2.21 bits per heavy atom. The zero-order valence-electron chi connectivity index (χ0n) is 24.7. The largest absolute Gasteiger partial charge is 0.469 e. The van der Waals surface area contributed by atoms with Crippen molar-refractivity contribution in [1.82, 2.24) is 0 Å². The smallest absolute Gasteiger partial charge is 0.312 e. The van der Waals surface area contributed by atoms with Crippen LogP contribution in [0.5, 0.6) is 0 Å². The van der Waals surface area contributed by atoms with Gasteiger partial charge in [-0.1, -0.05) is 53.2 Å². The average molecular weight is 526 g/mol. The first-order chi connectivity index (χ1) is 17.5. The maximum atomic E-state index is 13.3. The number of hydrogen-bond acceptors (Lipinski definition) is 5. The third kappa shape index (κ3) is 4.12. The summed E-state index contributed by atoms with van der Waals surface area (Å²) in [5.74, 6) is -1.16. The monoisotopic (exact) mass is 525 g/mol. The number of allylic oxidation sites excluding steroid dienone is 3. The molecule has 0 radical (unpaired) electrons. The number of carbonyl (C=O) groups is 4. The molecule has 6 nitrogen and oxygen atoms in total. The average Bonchev–Trinajstić information content (AvgIpc) is 2.82. The van der Waals surface area contributed by atoms with Crippen molar-refractivity contribution in [2.45, 2.75) is 99.8 Å². The summed E-state index contributed by atoms with van der Waals surface area (Å²) in [6.07, 6.45) is 10.6. The second-order valence-electron chi connectivity index (χ2n) is 14.5. The topological polar surface area (TPSA) is 104 Å². The van der Waals surface area contributed by atoms with Crippen LogP contribution in [0.1, 0.15) is 99.8 Å². The summed E-state index contributed by atoms with van der Waals surface area (Å²) >= 11 is 0. The molecule has 0 saturated heterocycles. The molecule has 7 atom stereocenters. The molecular formula is C32H47NO5. The molecule has 210 valence electrons. The molecule has 4 rings (SSSR count). The number of nitrogens with two attached hydrogens (primary N) is 1. The molecule has 0 aromatic heterocycles. The molecule has 3 fully saturated rings. The number of ketones is 2. The number of hydrogen-bond donors (Lipinski definition) is 1.